The van der Waals surface area contributed by atoms with Gasteiger partial charge in [0.25, 0.3) is 5.91 Å². The van der Waals surface area contributed by atoms with Gasteiger partial charge in [-0.05, 0) is 30.3 Å². The molecule has 0 unspecified atom stereocenters. The molecule has 0 radical (unpaired) electrons. The van der Waals surface area contributed by atoms with Crippen LogP contribution in [0.4, 0.5) is 5.69 Å². The van der Waals surface area contributed by atoms with Gasteiger partial charge in [-0.15, -0.1) is 0 Å². The molecular weight excluding hydrogens is 389 g/mol. The molecule has 6 nitrogen and oxygen atoms in total. The maximum absolute atomic E-state index is 12.4. The Labute approximate surface area is 167 Å². The predicted octanol–water partition coefficient (Wildman–Crippen LogP) is 2.78. The number of hydrogen-bond acceptors (Lipinski definition) is 4. The fraction of sp³-hybridized carbons (Fsp3) is 0.263. The summed E-state index contributed by atoms with van der Waals surface area (Å²) < 4.78 is 0. The molecule has 1 saturated heterocycles. The molecule has 27 heavy (non-hydrogen) atoms. The third-order valence-electron chi connectivity index (χ3n) is 4.43. The van der Waals surface area contributed by atoms with E-state index in [4.69, 9.17) is 23.2 Å². The first-order valence-electron chi connectivity index (χ1n) is 8.49. The molecule has 142 valence electrons. The first-order chi connectivity index (χ1) is 13.0. The third-order valence-corrected chi connectivity index (χ3v) is 4.98. The van der Waals surface area contributed by atoms with E-state index < -0.39 is 5.91 Å². The molecule has 0 bridgehead atoms. The molecule has 1 fully saturated rings. The number of halogens is 2. The molecule has 2 amide bonds. The largest absolute Gasteiger partial charge is 0.506 e. The summed E-state index contributed by atoms with van der Waals surface area (Å²) in [4.78, 5) is 28.3. The van der Waals surface area contributed by atoms with Crippen LogP contribution in [0.3, 0.4) is 0 Å². The summed E-state index contributed by atoms with van der Waals surface area (Å²) in [7, 11) is 0. The van der Waals surface area contributed by atoms with Crippen LogP contribution in [0.5, 0.6) is 5.75 Å². The summed E-state index contributed by atoms with van der Waals surface area (Å²) in [6, 6.07) is 11.7. The zero-order chi connectivity index (χ0) is 19.4. The third kappa shape index (κ3) is 4.64. The van der Waals surface area contributed by atoms with Crippen LogP contribution >= 0.6 is 23.2 Å². The van der Waals surface area contributed by atoms with Gasteiger partial charge < -0.3 is 20.2 Å². The zero-order valence-electron chi connectivity index (χ0n) is 14.5. The lowest BCUT2D eigenvalue weighted by molar-refractivity contribution is -0.130. The number of nitrogens with zero attached hydrogens (tertiary/aromatic N) is 2. The number of anilines is 1. The van der Waals surface area contributed by atoms with Crippen molar-refractivity contribution in [2.45, 2.75) is 0 Å². The number of benzene rings is 2. The minimum absolute atomic E-state index is 0.103. The quantitative estimate of drug-likeness (QED) is 0.816. The fourth-order valence-electron chi connectivity index (χ4n) is 2.96. The molecule has 2 aromatic rings. The molecule has 0 aliphatic carbocycles. The van der Waals surface area contributed by atoms with Crippen LogP contribution in [0, 0.1) is 0 Å². The Morgan fingerprint density at radius 2 is 1.74 bits per heavy atom. The standard InChI is InChI=1S/C19H19Cl2N3O3/c20-13-5-6-14(15(21)11-13)19(27)22-12-18(26)24-9-7-23(8-10-24)16-3-1-2-4-17(16)25/h1-6,11,25H,7-10,12H2,(H,22,27). The van der Waals surface area contributed by atoms with Gasteiger partial charge in [0.2, 0.25) is 5.91 Å². The van der Waals surface area contributed by atoms with Gasteiger partial charge in [0.05, 0.1) is 22.8 Å². The summed E-state index contributed by atoms with van der Waals surface area (Å²) >= 11 is 11.8. The number of carbonyl (C=O) groups excluding carboxylic acids is 2. The molecule has 3 rings (SSSR count). The molecule has 1 aliphatic heterocycles. The van der Waals surface area contributed by atoms with E-state index in [1.165, 1.54) is 12.1 Å². The Balaban J connectivity index is 1.51. The SMILES string of the molecule is O=C(NCC(=O)N1CCN(c2ccccc2O)CC1)c1ccc(Cl)cc1Cl. The summed E-state index contributed by atoms with van der Waals surface area (Å²) in [6.07, 6.45) is 0. The van der Waals surface area contributed by atoms with Gasteiger partial charge in [-0.25, -0.2) is 0 Å². The van der Waals surface area contributed by atoms with Gasteiger partial charge in [0.1, 0.15) is 5.75 Å². The molecular formula is C19H19Cl2N3O3. The van der Waals surface area contributed by atoms with E-state index in [1.54, 1.807) is 23.1 Å². The molecule has 0 aromatic heterocycles. The second kappa shape index (κ2) is 8.50. The number of aromatic hydroxyl groups is 1. The fourth-order valence-corrected chi connectivity index (χ4v) is 3.46. The van der Waals surface area contributed by atoms with Crippen LogP contribution in [0.25, 0.3) is 0 Å². The Morgan fingerprint density at radius 3 is 2.41 bits per heavy atom. The molecule has 2 N–H and O–H groups in total. The topological polar surface area (TPSA) is 72.9 Å². The molecule has 2 aromatic carbocycles. The average Bonchev–Trinajstić information content (AvgIpc) is 2.66. The number of piperazine rings is 1. The van der Waals surface area contributed by atoms with Crippen molar-refractivity contribution in [1.82, 2.24) is 10.2 Å². The van der Waals surface area contributed by atoms with Crippen molar-refractivity contribution in [2.24, 2.45) is 0 Å². The second-order valence-electron chi connectivity index (χ2n) is 6.16. The number of hydrogen-bond donors (Lipinski definition) is 2. The van der Waals surface area contributed by atoms with E-state index in [-0.39, 0.29) is 28.8 Å². The van der Waals surface area contributed by atoms with Gasteiger partial charge >= 0.3 is 0 Å². The van der Waals surface area contributed by atoms with Crippen LogP contribution in [-0.2, 0) is 4.79 Å². The van der Waals surface area contributed by atoms with Crippen LogP contribution in [0.2, 0.25) is 10.0 Å². The Kier molecular flexibility index (Phi) is 6.08. The monoisotopic (exact) mass is 407 g/mol. The smallest absolute Gasteiger partial charge is 0.253 e. The normalized spacial score (nSPS) is 14.1. The van der Waals surface area contributed by atoms with Crippen LogP contribution < -0.4 is 10.2 Å². The lowest BCUT2D eigenvalue weighted by Gasteiger charge is -2.36. The van der Waals surface area contributed by atoms with E-state index in [9.17, 15) is 14.7 Å². The van der Waals surface area contributed by atoms with Crippen molar-refractivity contribution in [1.29, 1.82) is 0 Å². The van der Waals surface area contributed by atoms with Gasteiger partial charge in [-0.1, -0.05) is 35.3 Å². The minimum Gasteiger partial charge on any atom is -0.506 e. The molecule has 0 spiro atoms. The van der Waals surface area contributed by atoms with E-state index in [1.807, 2.05) is 17.0 Å². The first kappa shape index (κ1) is 19.3. The summed E-state index contributed by atoms with van der Waals surface area (Å²) in [5.74, 6) is -0.354. The Morgan fingerprint density at radius 1 is 1.04 bits per heavy atom. The number of rotatable bonds is 4. The number of phenols is 1. The first-order valence-corrected chi connectivity index (χ1v) is 9.25. The predicted molar refractivity (Wildman–Crippen MR) is 106 cm³/mol. The van der Waals surface area contributed by atoms with Crippen LogP contribution in [0.1, 0.15) is 10.4 Å². The number of phenolic OH excluding ortho intramolecular Hbond substituents is 1. The molecule has 8 heteroatoms. The highest BCUT2D eigenvalue weighted by atomic mass is 35.5. The Hall–Kier alpha value is -2.44. The number of carbonyl (C=O) groups is 2. The molecule has 0 atom stereocenters. The Bertz CT molecular complexity index is 852. The lowest BCUT2D eigenvalue weighted by Crippen LogP contribution is -2.51. The zero-order valence-corrected chi connectivity index (χ0v) is 16.0. The van der Waals surface area contributed by atoms with Crippen molar-refractivity contribution < 1.29 is 14.7 Å². The summed E-state index contributed by atoms with van der Waals surface area (Å²) in [5.41, 5.74) is 1.04. The molecule has 1 aliphatic rings. The van der Waals surface area contributed by atoms with E-state index in [0.717, 1.165) is 5.69 Å². The van der Waals surface area contributed by atoms with Gasteiger partial charge in [-0.2, -0.15) is 0 Å². The highest BCUT2D eigenvalue weighted by Gasteiger charge is 2.23. The van der Waals surface area contributed by atoms with Gasteiger partial charge in [0.15, 0.2) is 0 Å². The highest BCUT2D eigenvalue weighted by molar-refractivity contribution is 6.36. The molecule has 1 heterocycles. The number of para-hydroxylation sites is 2. The minimum atomic E-state index is -0.419. The van der Waals surface area contributed by atoms with Crippen LogP contribution in [-0.4, -0.2) is 54.5 Å². The van der Waals surface area contributed by atoms with Crippen molar-refractivity contribution in [3.63, 3.8) is 0 Å². The number of nitrogens with one attached hydrogen (secondary N) is 1. The van der Waals surface area contributed by atoms with Gasteiger partial charge in [0, 0.05) is 31.2 Å². The number of amides is 2. The maximum Gasteiger partial charge on any atom is 0.253 e. The lowest BCUT2D eigenvalue weighted by atomic mass is 10.2. The van der Waals surface area contributed by atoms with Crippen molar-refractivity contribution >= 4 is 40.7 Å². The van der Waals surface area contributed by atoms with E-state index in [2.05, 4.69) is 5.32 Å². The van der Waals surface area contributed by atoms with Crippen LogP contribution in [0.15, 0.2) is 42.5 Å². The second-order valence-corrected chi connectivity index (χ2v) is 7.01. The van der Waals surface area contributed by atoms with Crippen molar-refractivity contribution in [2.75, 3.05) is 37.6 Å². The van der Waals surface area contributed by atoms with Crippen molar-refractivity contribution in [3.05, 3.63) is 58.1 Å². The average molecular weight is 408 g/mol. The maximum atomic E-state index is 12.4. The summed E-state index contributed by atoms with van der Waals surface area (Å²) in [6.45, 7) is 2.16. The van der Waals surface area contributed by atoms with Crippen molar-refractivity contribution in [3.8, 4) is 5.75 Å². The van der Waals surface area contributed by atoms with Gasteiger partial charge in [-0.3, -0.25) is 9.59 Å². The summed E-state index contributed by atoms with van der Waals surface area (Å²) in [5, 5.41) is 13.2. The highest BCUT2D eigenvalue weighted by Crippen LogP contribution is 2.27. The van der Waals surface area contributed by atoms with E-state index >= 15 is 0 Å². The van der Waals surface area contributed by atoms with E-state index in [0.29, 0.717) is 31.2 Å². The molecule has 0 saturated carbocycles.